The topological polar surface area (TPSA) is 143 Å². The molecule has 0 saturated heterocycles. The molecule has 0 radical (unpaired) electrons. The van der Waals surface area contributed by atoms with E-state index in [1.165, 1.54) is 44.4 Å². The normalized spacial score (nSPS) is 11.6. The van der Waals surface area contributed by atoms with Gasteiger partial charge in [-0.3, -0.25) is 14.4 Å². The van der Waals surface area contributed by atoms with Crippen molar-refractivity contribution in [2.75, 3.05) is 7.11 Å². The third-order valence-corrected chi connectivity index (χ3v) is 4.32. The maximum absolute atomic E-state index is 12.9. The summed E-state index contributed by atoms with van der Waals surface area (Å²) in [6.45, 7) is 0.867. The summed E-state index contributed by atoms with van der Waals surface area (Å²) in [6.07, 6.45) is -0.304. The molecule has 9 nitrogen and oxygen atoms in total. The molecule has 0 bridgehead atoms. The second-order valence-electron chi connectivity index (χ2n) is 6.13. The Bertz CT molecular complexity index is 975. The number of esters is 1. The number of aryl methyl sites for hydroxylation is 1. The van der Waals surface area contributed by atoms with Crippen LogP contribution in [-0.2, 0) is 20.9 Å². The van der Waals surface area contributed by atoms with E-state index >= 15 is 0 Å². The summed E-state index contributed by atoms with van der Waals surface area (Å²) < 4.78 is 5.65. The van der Waals surface area contributed by atoms with Gasteiger partial charge >= 0.3 is 17.9 Å². The molecule has 28 heavy (non-hydrogen) atoms. The number of carboxylic acid groups (broad SMARTS) is 2. The number of aliphatic carboxylic acids is 1. The van der Waals surface area contributed by atoms with Gasteiger partial charge in [0, 0.05) is 11.6 Å². The number of nitrogens with zero attached hydrogens (tertiary/aromatic N) is 1. The molecule has 1 aromatic carbocycles. The smallest absolute Gasteiger partial charge is 0.335 e. The van der Waals surface area contributed by atoms with Gasteiger partial charge < -0.3 is 24.6 Å². The van der Waals surface area contributed by atoms with Crippen molar-refractivity contribution < 1.29 is 34.4 Å². The average Bonchev–Trinajstić information content (AvgIpc) is 2.63. The van der Waals surface area contributed by atoms with Gasteiger partial charge in [0.2, 0.25) is 0 Å². The lowest BCUT2D eigenvalue weighted by Gasteiger charge is -2.20. The lowest BCUT2D eigenvalue weighted by molar-refractivity contribution is -0.141. The summed E-state index contributed by atoms with van der Waals surface area (Å²) in [5.41, 5.74) is -0.270. The summed E-state index contributed by atoms with van der Waals surface area (Å²) in [5, 5.41) is 28.5. The van der Waals surface area contributed by atoms with Crippen LogP contribution in [0.25, 0.3) is 0 Å². The van der Waals surface area contributed by atoms with Crippen molar-refractivity contribution in [2.24, 2.45) is 0 Å². The van der Waals surface area contributed by atoms with Crippen molar-refractivity contribution in [3.05, 3.63) is 63.1 Å². The minimum absolute atomic E-state index is 0.0111. The van der Waals surface area contributed by atoms with Crippen LogP contribution in [0.3, 0.4) is 0 Å². The molecule has 0 amide bonds. The molecular formula is C19H19NO8. The Labute approximate surface area is 159 Å². The van der Waals surface area contributed by atoms with Crippen LogP contribution in [0.2, 0.25) is 0 Å². The quantitative estimate of drug-likeness (QED) is 0.602. The van der Waals surface area contributed by atoms with Crippen LogP contribution >= 0.6 is 0 Å². The molecular weight excluding hydrogens is 370 g/mol. The Kier molecular flexibility index (Phi) is 6.19. The van der Waals surface area contributed by atoms with Gasteiger partial charge in [-0.2, -0.15) is 0 Å². The van der Waals surface area contributed by atoms with Crippen LogP contribution in [0.5, 0.6) is 5.75 Å². The molecule has 1 aromatic heterocycles. The molecule has 2 aromatic rings. The number of aromatic carboxylic acids is 1. The van der Waals surface area contributed by atoms with Crippen LogP contribution in [0.1, 0.15) is 39.5 Å². The monoisotopic (exact) mass is 389 g/mol. The number of rotatable bonds is 7. The van der Waals surface area contributed by atoms with E-state index in [2.05, 4.69) is 4.74 Å². The molecule has 1 unspecified atom stereocenters. The number of pyridine rings is 1. The number of carboxylic acids is 2. The Morgan fingerprint density at radius 1 is 1.14 bits per heavy atom. The molecule has 9 heteroatoms. The highest BCUT2D eigenvalue weighted by molar-refractivity contribution is 5.87. The van der Waals surface area contributed by atoms with Gasteiger partial charge in [0.1, 0.15) is 12.3 Å². The van der Waals surface area contributed by atoms with E-state index in [1.54, 1.807) is 0 Å². The van der Waals surface area contributed by atoms with Gasteiger partial charge in [-0.1, -0.05) is 12.1 Å². The van der Waals surface area contributed by atoms with Crippen LogP contribution < -0.4 is 5.56 Å². The van der Waals surface area contributed by atoms with E-state index in [1.807, 2.05) is 0 Å². The van der Waals surface area contributed by atoms with Gasteiger partial charge in [0.25, 0.3) is 5.56 Å². The third kappa shape index (κ3) is 4.37. The van der Waals surface area contributed by atoms with Crippen LogP contribution in [0.15, 0.2) is 35.1 Å². The Balaban J connectivity index is 2.67. The minimum atomic E-state index is -1.24. The van der Waals surface area contributed by atoms with E-state index in [0.29, 0.717) is 5.56 Å². The van der Waals surface area contributed by atoms with Crippen LogP contribution in [0.4, 0.5) is 0 Å². The Morgan fingerprint density at radius 3 is 2.25 bits per heavy atom. The molecule has 0 spiro atoms. The fourth-order valence-electron chi connectivity index (χ4n) is 2.92. The lowest BCUT2D eigenvalue weighted by Crippen LogP contribution is -2.30. The van der Waals surface area contributed by atoms with E-state index in [9.17, 15) is 24.3 Å². The molecule has 0 fully saturated rings. The number of ether oxygens (including phenoxy) is 1. The van der Waals surface area contributed by atoms with Crippen molar-refractivity contribution in [1.82, 2.24) is 4.57 Å². The molecule has 0 saturated carbocycles. The van der Waals surface area contributed by atoms with Crippen molar-refractivity contribution in [1.29, 1.82) is 0 Å². The fraction of sp³-hybridized carbons (Fsp3) is 0.263. The van der Waals surface area contributed by atoms with Gasteiger partial charge in [-0.05, 0) is 30.7 Å². The van der Waals surface area contributed by atoms with Gasteiger partial charge in [-0.25, -0.2) is 4.79 Å². The third-order valence-electron chi connectivity index (χ3n) is 4.32. The second kappa shape index (κ2) is 8.38. The zero-order valence-electron chi connectivity index (χ0n) is 15.2. The first-order valence-electron chi connectivity index (χ1n) is 8.20. The molecule has 2 rings (SSSR count). The standard InChI is InChI=1S/C19H19NO8/c1-10-7-14(21)17(18(25)20(10)9-15(22)23)13(8-16(24)28-2)11-3-5-12(6-4-11)19(26)27/h3-7,13,21H,8-9H2,1-2H3,(H,22,23)(H,26,27). The number of carbonyl (C=O) groups excluding carboxylic acids is 1. The van der Waals surface area contributed by atoms with Crippen LogP contribution in [0, 0.1) is 6.92 Å². The summed E-state index contributed by atoms with van der Waals surface area (Å²) in [4.78, 5) is 46.9. The van der Waals surface area contributed by atoms with E-state index in [-0.39, 0.29) is 29.0 Å². The predicted molar refractivity (Wildman–Crippen MR) is 96.6 cm³/mol. The SMILES string of the molecule is COC(=O)CC(c1ccc(C(=O)O)cc1)c1c(O)cc(C)n(CC(=O)O)c1=O. The Hall–Kier alpha value is -3.62. The van der Waals surface area contributed by atoms with Gasteiger partial charge in [0.15, 0.2) is 0 Å². The molecule has 0 aliphatic rings. The summed E-state index contributed by atoms with van der Waals surface area (Å²) in [7, 11) is 1.17. The zero-order valence-corrected chi connectivity index (χ0v) is 15.2. The molecule has 148 valence electrons. The second-order valence-corrected chi connectivity index (χ2v) is 6.13. The largest absolute Gasteiger partial charge is 0.507 e. The average molecular weight is 389 g/mol. The van der Waals surface area contributed by atoms with E-state index < -0.39 is 35.9 Å². The first kappa shape index (κ1) is 20.7. The van der Waals surface area contributed by atoms with Crippen molar-refractivity contribution in [3.8, 4) is 5.75 Å². The molecule has 3 N–H and O–H groups in total. The first-order valence-corrected chi connectivity index (χ1v) is 8.20. The van der Waals surface area contributed by atoms with Crippen molar-refractivity contribution >= 4 is 17.9 Å². The maximum Gasteiger partial charge on any atom is 0.335 e. The summed E-state index contributed by atoms with van der Waals surface area (Å²) in [5.74, 6) is -4.38. The van der Waals surface area contributed by atoms with Crippen LogP contribution in [-0.4, -0.2) is 44.9 Å². The zero-order chi connectivity index (χ0) is 21.0. The molecule has 0 aliphatic heterocycles. The number of hydrogen-bond donors (Lipinski definition) is 3. The van der Waals surface area contributed by atoms with E-state index in [0.717, 1.165) is 4.57 Å². The minimum Gasteiger partial charge on any atom is -0.507 e. The summed E-state index contributed by atoms with van der Waals surface area (Å²) >= 11 is 0. The lowest BCUT2D eigenvalue weighted by atomic mass is 9.88. The fourth-order valence-corrected chi connectivity index (χ4v) is 2.92. The van der Waals surface area contributed by atoms with Gasteiger partial charge in [-0.15, -0.1) is 0 Å². The Morgan fingerprint density at radius 2 is 1.75 bits per heavy atom. The number of aromatic nitrogens is 1. The number of benzene rings is 1. The number of methoxy groups -OCH3 is 1. The highest BCUT2D eigenvalue weighted by Gasteiger charge is 2.27. The van der Waals surface area contributed by atoms with Gasteiger partial charge in [0.05, 0.1) is 24.7 Å². The summed E-state index contributed by atoms with van der Waals surface area (Å²) in [6, 6.07) is 6.72. The highest BCUT2D eigenvalue weighted by Crippen LogP contribution is 2.32. The number of hydrogen-bond acceptors (Lipinski definition) is 6. The first-order chi connectivity index (χ1) is 13.1. The number of carbonyl (C=O) groups is 3. The highest BCUT2D eigenvalue weighted by atomic mass is 16.5. The maximum atomic E-state index is 12.9. The number of aromatic hydroxyl groups is 1. The van der Waals surface area contributed by atoms with Crippen molar-refractivity contribution in [3.63, 3.8) is 0 Å². The molecule has 1 atom stereocenters. The van der Waals surface area contributed by atoms with E-state index in [4.69, 9.17) is 10.2 Å². The van der Waals surface area contributed by atoms with Crippen molar-refractivity contribution in [2.45, 2.75) is 25.8 Å². The molecule has 1 heterocycles. The predicted octanol–water partition coefficient (Wildman–Crippen LogP) is 1.34. The molecule has 0 aliphatic carbocycles.